The number of nitrogens with zero attached hydrogens (tertiary/aromatic N) is 1. The number of ether oxygens (including phenoxy) is 1. The van der Waals surface area contributed by atoms with E-state index in [1.807, 2.05) is 0 Å². The van der Waals surface area contributed by atoms with Crippen LogP contribution in [0.4, 0.5) is 18.9 Å². The number of rotatable bonds is 5. The van der Waals surface area contributed by atoms with Crippen molar-refractivity contribution in [2.24, 2.45) is 0 Å². The van der Waals surface area contributed by atoms with E-state index >= 15 is 0 Å². The molecule has 3 rings (SSSR count). The van der Waals surface area contributed by atoms with Gasteiger partial charge < -0.3 is 20.1 Å². The smallest absolute Gasteiger partial charge is 0.430 e. The molecule has 0 fully saturated rings. The number of β-amino-alcohol motifs (C(OH)–C–C–N with tert-alkyl or cyclic N) is 1. The largest absolute Gasteiger partial charge is 0.497 e. The van der Waals surface area contributed by atoms with E-state index in [4.69, 9.17) is 4.74 Å². The fraction of sp³-hybridized carbons (Fsp3) is 0.316. The molecule has 1 aliphatic rings. The summed E-state index contributed by atoms with van der Waals surface area (Å²) in [6.07, 6.45) is -5.31. The Morgan fingerprint density at radius 2 is 1.93 bits per heavy atom. The Bertz CT molecular complexity index is 827. The van der Waals surface area contributed by atoms with Gasteiger partial charge in [-0.2, -0.15) is 13.2 Å². The van der Waals surface area contributed by atoms with E-state index in [2.05, 4.69) is 5.32 Å². The van der Waals surface area contributed by atoms with Gasteiger partial charge in [0.2, 0.25) is 5.66 Å². The Morgan fingerprint density at radius 1 is 1.22 bits per heavy atom. The molecule has 0 aliphatic carbocycles. The van der Waals surface area contributed by atoms with Gasteiger partial charge >= 0.3 is 6.18 Å². The number of anilines is 1. The second-order valence-electron chi connectivity index (χ2n) is 6.23. The second-order valence-corrected chi connectivity index (χ2v) is 6.23. The molecule has 0 saturated carbocycles. The SMILES string of the molecule is COc1ccc2c(c1)CC(Nc1ccccc1)(C(F)(F)F)N(CCO)C2=O. The van der Waals surface area contributed by atoms with E-state index < -0.39 is 37.3 Å². The lowest BCUT2D eigenvalue weighted by atomic mass is 9.87. The molecule has 0 saturated heterocycles. The number of halogens is 3. The first-order valence-corrected chi connectivity index (χ1v) is 8.32. The lowest BCUT2D eigenvalue weighted by Gasteiger charge is -2.48. The molecule has 1 unspecified atom stereocenters. The summed E-state index contributed by atoms with van der Waals surface area (Å²) in [6, 6.07) is 12.3. The van der Waals surface area contributed by atoms with Crippen LogP contribution in [0.2, 0.25) is 0 Å². The molecule has 1 aliphatic heterocycles. The molecule has 2 aromatic carbocycles. The number of fused-ring (bicyclic) bond motifs is 1. The Balaban J connectivity index is 2.17. The van der Waals surface area contributed by atoms with Crippen LogP contribution in [0.3, 0.4) is 0 Å². The number of amides is 1. The van der Waals surface area contributed by atoms with Crippen LogP contribution in [0.25, 0.3) is 0 Å². The number of carbonyl (C=O) groups excluding carboxylic acids is 1. The van der Waals surface area contributed by atoms with Crippen molar-refractivity contribution in [3.05, 3.63) is 59.7 Å². The Hall–Kier alpha value is -2.74. The number of para-hydroxylation sites is 1. The monoisotopic (exact) mass is 380 g/mol. The lowest BCUT2D eigenvalue weighted by molar-refractivity contribution is -0.216. The molecule has 1 amide bonds. The van der Waals surface area contributed by atoms with E-state index in [-0.39, 0.29) is 16.8 Å². The van der Waals surface area contributed by atoms with Crippen LogP contribution in [-0.2, 0) is 6.42 Å². The maximum absolute atomic E-state index is 14.3. The molecule has 0 bridgehead atoms. The number of aliphatic hydroxyl groups is 1. The Kier molecular flexibility index (Phi) is 5.01. The minimum Gasteiger partial charge on any atom is -0.497 e. The van der Waals surface area contributed by atoms with Gasteiger partial charge in [0.15, 0.2) is 0 Å². The maximum Gasteiger partial charge on any atom is 0.430 e. The number of hydrogen-bond donors (Lipinski definition) is 2. The average Bonchev–Trinajstić information content (AvgIpc) is 2.64. The van der Waals surface area contributed by atoms with Crippen LogP contribution in [0.1, 0.15) is 15.9 Å². The summed E-state index contributed by atoms with van der Waals surface area (Å²) in [4.78, 5) is 13.6. The van der Waals surface area contributed by atoms with Crippen LogP contribution in [-0.4, -0.2) is 48.0 Å². The van der Waals surface area contributed by atoms with Crippen molar-refractivity contribution in [2.75, 3.05) is 25.6 Å². The first-order chi connectivity index (χ1) is 12.8. The fourth-order valence-corrected chi connectivity index (χ4v) is 3.33. The van der Waals surface area contributed by atoms with Crippen molar-refractivity contribution in [2.45, 2.75) is 18.3 Å². The number of methoxy groups -OCH3 is 1. The third-order valence-corrected chi connectivity index (χ3v) is 4.61. The summed E-state index contributed by atoms with van der Waals surface area (Å²) in [7, 11) is 1.41. The van der Waals surface area contributed by atoms with Gasteiger partial charge in [-0.25, -0.2) is 0 Å². The van der Waals surface area contributed by atoms with Crippen molar-refractivity contribution in [1.29, 1.82) is 0 Å². The zero-order valence-electron chi connectivity index (χ0n) is 14.6. The number of alkyl halides is 3. The van der Waals surface area contributed by atoms with Gasteiger partial charge in [0.1, 0.15) is 5.75 Å². The first-order valence-electron chi connectivity index (χ1n) is 8.32. The third-order valence-electron chi connectivity index (χ3n) is 4.61. The Labute approximate surface area is 154 Å². The lowest BCUT2D eigenvalue weighted by Crippen LogP contribution is -2.69. The third kappa shape index (κ3) is 3.32. The van der Waals surface area contributed by atoms with Crippen LogP contribution in [0.5, 0.6) is 5.75 Å². The van der Waals surface area contributed by atoms with Crippen LogP contribution in [0.15, 0.2) is 48.5 Å². The molecule has 0 spiro atoms. The minimum absolute atomic E-state index is 0.166. The van der Waals surface area contributed by atoms with Crippen molar-refractivity contribution in [3.8, 4) is 5.75 Å². The van der Waals surface area contributed by atoms with Crippen molar-refractivity contribution in [3.63, 3.8) is 0 Å². The molecule has 2 N–H and O–H groups in total. The molecule has 1 heterocycles. The number of nitrogens with one attached hydrogen (secondary N) is 1. The summed E-state index contributed by atoms with van der Waals surface area (Å²) in [6.45, 7) is -1.05. The maximum atomic E-state index is 14.3. The topological polar surface area (TPSA) is 61.8 Å². The van der Waals surface area contributed by atoms with Gasteiger partial charge in [-0.1, -0.05) is 18.2 Å². The standard InChI is InChI=1S/C19H19F3N2O3/c1-27-15-7-8-16-13(11-15)12-18(19(20,21)22,24(9-10-25)17(16)26)23-14-5-3-2-4-6-14/h2-8,11,23,25H,9-10,12H2,1H3. The van der Waals surface area contributed by atoms with E-state index in [0.717, 1.165) is 0 Å². The summed E-state index contributed by atoms with van der Waals surface area (Å²) in [5.41, 5.74) is -2.07. The zero-order chi connectivity index (χ0) is 19.7. The molecule has 5 nitrogen and oxygen atoms in total. The molecule has 27 heavy (non-hydrogen) atoms. The molecular formula is C19H19F3N2O3. The zero-order valence-corrected chi connectivity index (χ0v) is 14.6. The highest BCUT2D eigenvalue weighted by atomic mass is 19.4. The van der Waals surface area contributed by atoms with E-state index in [1.165, 1.54) is 37.4 Å². The number of benzene rings is 2. The molecule has 0 radical (unpaired) electrons. The highest BCUT2D eigenvalue weighted by molar-refractivity contribution is 5.98. The van der Waals surface area contributed by atoms with E-state index in [0.29, 0.717) is 10.6 Å². The van der Waals surface area contributed by atoms with Gasteiger partial charge in [-0.15, -0.1) is 0 Å². The van der Waals surface area contributed by atoms with Gasteiger partial charge in [0.05, 0.1) is 13.7 Å². The minimum atomic E-state index is -4.80. The van der Waals surface area contributed by atoms with Crippen LogP contribution in [0, 0.1) is 0 Å². The first kappa shape index (κ1) is 19.0. The molecular weight excluding hydrogens is 361 g/mol. The summed E-state index contributed by atoms with van der Waals surface area (Å²) >= 11 is 0. The highest BCUT2D eigenvalue weighted by Gasteiger charge is 2.62. The summed E-state index contributed by atoms with van der Waals surface area (Å²) in [5.74, 6) is -0.429. The average molecular weight is 380 g/mol. The van der Waals surface area contributed by atoms with Crippen LogP contribution >= 0.6 is 0 Å². The van der Waals surface area contributed by atoms with E-state index in [1.54, 1.807) is 18.2 Å². The van der Waals surface area contributed by atoms with Crippen molar-refractivity contribution >= 4 is 11.6 Å². The summed E-state index contributed by atoms with van der Waals surface area (Å²) < 4.78 is 48.1. The van der Waals surface area contributed by atoms with E-state index in [9.17, 15) is 23.1 Å². The number of carbonyl (C=O) groups is 1. The van der Waals surface area contributed by atoms with Crippen LogP contribution < -0.4 is 10.1 Å². The second kappa shape index (κ2) is 7.11. The fourth-order valence-electron chi connectivity index (χ4n) is 3.33. The molecule has 0 aromatic heterocycles. The Morgan fingerprint density at radius 3 is 2.52 bits per heavy atom. The number of hydrogen-bond acceptors (Lipinski definition) is 4. The predicted octanol–water partition coefficient (Wildman–Crippen LogP) is 3.06. The number of aliphatic hydroxyl groups excluding tert-OH is 1. The van der Waals surface area contributed by atoms with Gasteiger partial charge in [-0.3, -0.25) is 4.79 Å². The highest BCUT2D eigenvalue weighted by Crippen LogP contribution is 2.43. The van der Waals surface area contributed by atoms with Gasteiger partial charge in [0.25, 0.3) is 5.91 Å². The van der Waals surface area contributed by atoms with Gasteiger partial charge in [0, 0.05) is 24.2 Å². The molecule has 8 heteroatoms. The molecule has 1 atom stereocenters. The van der Waals surface area contributed by atoms with Gasteiger partial charge in [-0.05, 0) is 35.9 Å². The predicted molar refractivity (Wildman–Crippen MR) is 93.7 cm³/mol. The van der Waals surface area contributed by atoms with Crippen molar-refractivity contribution in [1.82, 2.24) is 4.90 Å². The van der Waals surface area contributed by atoms with Crippen molar-refractivity contribution < 1.29 is 27.8 Å². The normalized spacial score (nSPS) is 19.6. The molecule has 144 valence electrons. The summed E-state index contributed by atoms with van der Waals surface area (Å²) in [5, 5.41) is 11.8. The molecule has 2 aromatic rings. The quantitative estimate of drug-likeness (QED) is 0.837.